The molecule has 120 valence electrons. The lowest BCUT2D eigenvalue weighted by atomic mass is 9.94. The van der Waals surface area contributed by atoms with E-state index >= 15 is 0 Å². The highest BCUT2D eigenvalue weighted by molar-refractivity contribution is 5.81. The maximum Gasteiger partial charge on any atom is 0.249 e. The quantitative estimate of drug-likeness (QED) is 0.926. The lowest BCUT2D eigenvalue weighted by Gasteiger charge is -2.41. The molecule has 1 saturated heterocycles. The van der Waals surface area contributed by atoms with Gasteiger partial charge in [-0.3, -0.25) is 9.69 Å². The minimum atomic E-state index is -0.238. The van der Waals surface area contributed by atoms with Crippen LogP contribution in [0.3, 0.4) is 0 Å². The van der Waals surface area contributed by atoms with Crippen molar-refractivity contribution in [3.05, 3.63) is 35.4 Å². The predicted octanol–water partition coefficient (Wildman–Crippen LogP) is 2.12. The van der Waals surface area contributed by atoms with Crippen molar-refractivity contribution in [2.24, 2.45) is 0 Å². The zero-order chi connectivity index (χ0) is 15.6. The third kappa shape index (κ3) is 3.33. The molecule has 0 aromatic heterocycles. The number of amides is 1. The van der Waals surface area contributed by atoms with Gasteiger partial charge in [-0.2, -0.15) is 0 Å². The minimum Gasteiger partial charge on any atom is -0.368 e. The third-order valence-electron chi connectivity index (χ3n) is 4.90. The van der Waals surface area contributed by atoms with E-state index in [-0.39, 0.29) is 17.6 Å². The first-order valence-electron chi connectivity index (χ1n) is 8.27. The Morgan fingerprint density at radius 1 is 1.36 bits per heavy atom. The molecular formula is C18H26N2O2. The Morgan fingerprint density at radius 3 is 2.86 bits per heavy atom. The highest BCUT2D eigenvalue weighted by Crippen LogP contribution is 2.25. The highest BCUT2D eigenvalue weighted by atomic mass is 16.5. The largest absolute Gasteiger partial charge is 0.368 e. The molecule has 1 fully saturated rings. The van der Waals surface area contributed by atoms with Crippen molar-refractivity contribution in [2.45, 2.75) is 51.3 Å². The minimum absolute atomic E-state index is 0.0444. The Kier molecular flexibility index (Phi) is 4.50. The van der Waals surface area contributed by atoms with Crippen LogP contribution in [-0.4, -0.2) is 42.1 Å². The molecule has 0 spiro atoms. The van der Waals surface area contributed by atoms with Gasteiger partial charge in [-0.1, -0.05) is 24.3 Å². The van der Waals surface area contributed by atoms with Gasteiger partial charge in [-0.05, 0) is 44.2 Å². The zero-order valence-electron chi connectivity index (χ0n) is 13.6. The topological polar surface area (TPSA) is 41.6 Å². The summed E-state index contributed by atoms with van der Waals surface area (Å²) >= 11 is 0. The molecule has 1 atom stereocenters. The summed E-state index contributed by atoms with van der Waals surface area (Å²) in [6, 6.07) is 8.65. The van der Waals surface area contributed by atoms with Gasteiger partial charge in [0.15, 0.2) is 0 Å². The van der Waals surface area contributed by atoms with Crippen LogP contribution in [0.2, 0.25) is 0 Å². The number of benzene rings is 1. The van der Waals surface area contributed by atoms with Gasteiger partial charge in [0.1, 0.15) is 6.10 Å². The predicted molar refractivity (Wildman–Crippen MR) is 86.6 cm³/mol. The SMILES string of the molecule is CC(C)(CNC(=O)C1CCCO1)N1CCc2ccccc2C1. The number of carbonyl (C=O) groups is 1. The summed E-state index contributed by atoms with van der Waals surface area (Å²) in [5.41, 5.74) is 2.81. The third-order valence-corrected chi connectivity index (χ3v) is 4.90. The molecule has 0 radical (unpaired) electrons. The molecule has 0 bridgehead atoms. The highest BCUT2D eigenvalue weighted by Gasteiger charge is 2.31. The molecule has 1 N–H and O–H groups in total. The van der Waals surface area contributed by atoms with Crippen LogP contribution in [0, 0.1) is 0 Å². The molecule has 2 aliphatic heterocycles. The Bertz CT molecular complexity index is 536. The van der Waals surface area contributed by atoms with E-state index in [1.165, 1.54) is 11.1 Å². The second kappa shape index (κ2) is 6.39. The van der Waals surface area contributed by atoms with Crippen molar-refractivity contribution in [1.29, 1.82) is 0 Å². The normalized spacial score (nSPS) is 22.4. The summed E-state index contributed by atoms with van der Waals surface area (Å²) in [5.74, 6) is 0.0444. The molecule has 22 heavy (non-hydrogen) atoms. The van der Waals surface area contributed by atoms with Crippen LogP contribution >= 0.6 is 0 Å². The molecule has 4 nitrogen and oxygen atoms in total. The molecule has 2 aliphatic rings. The van der Waals surface area contributed by atoms with Crippen molar-refractivity contribution in [3.8, 4) is 0 Å². The van der Waals surface area contributed by atoms with Crippen LogP contribution in [0.4, 0.5) is 0 Å². The standard InChI is InChI=1S/C18H26N2O2/c1-18(2,13-19-17(21)16-8-5-11-22-16)20-10-9-14-6-3-4-7-15(14)12-20/h3-4,6-7,16H,5,8-13H2,1-2H3,(H,19,21). The first-order chi connectivity index (χ1) is 10.6. The number of carbonyl (C=O) groups excluding carboxylic acids is 1. The molecule has 1 aromatic rings. The summed E-state index contributed by atoms with van der Waals surface area (Å²) in [6.07, 6.45) is 2.69. The summed E-state index contributed by atoms with van der Waals surface area (Å²) in [5, 5.41) is 3.08. The van der Waals surface area contributed by atoms with Crippen LogP contribution in [-0.2, 0) is 22.5 Å². The fraction of sp³-hybridized carbons (Fsp3) is 0.611. The molecule has 0 saturated carbocycles. The van der Waals surface area contributed by atoms with Crippen LogP contribution in [0.25, 0.3) is 0 Å². The lowest BCUT2D eigenvalue weighted by Crippen LogP contribution is -2.54. The summed E-state index contributed by atoms with van der Waals surface area (Å²) < 4.78 is 5.45. The first kappa shape index (κ1) is 15.5. The van der Waals surface area contributed by atoms with E-state index in [4.69, 9.17) is 4.74 Å². The van der Waals surface area contributed by atoms with Gasteiger partial charge in [0.25, 0.3) is 0 Å². The Labute approximate surface area is 132 Å². The first-order valence-corrected chi connectivity index (χ1v) is 8.27. The molecule has 0 aliphatic carbocycles. The van der Waals surface area contributed by atoms with Crippen molar-refractivity contribution in [3.63, 3.8) is 0 Å². The van der Waals surface area contributed by atoms with Crippen molar-refractivity contribution < 1.29 is 9.53 Å². The van der Waals surface area contributed by atoms with Gasteiger partial charge in [0.05, 0.1) is 0 Å². The van der Waals surface area contributed by atoms with Crippen molar-refractivity contribution in [2.75, 3.05) is 19.7 Å². The fourth-order valence-electron chi connectivity index (χ4n) is 3.33. The Balaban J connectivity index is 1.57. The molecule has 1 amide bonds. The van der Waals surface area contributed by atoms with Crippen molar-refractivity contribution >= 4 is 5.91 Å². The molecular weight excluding hydrogens is 276 g/mol. The van der Waals surface area contributed by atoms with E-state index in [2.05, 4.69) is 48.3 Å². The van der Waals surface area contributed by atoms with Gasteiger partial charge in [-0.25, -0.2) is 0 Å². The number of hydrogen-bond donors (Lipinski definition) is 1. The van der Waals surface area contributed by atoms with Gasteiger partial charge in [0, 0.05) is 31.8 Å². The number of rotatable bonds is 4. The van der Waals surface area contributed by atoms with Gasteiger partial charge in [-0.15, -0.1) is 0 Å². The second-order valence-electron chi connectivity index (χ2n) is 6.97. The molecule has 1 aromatic carbocycles. The van der Waals surface area contributed by atoms with E-state index in [0.717, 1.165) is 32.4 Å². The Morgan fingerprint density at radius 2 is 2.14 bits per heavy atom. The number of nitrogens with zero attached hydrogens (tertiary/aromatic N) is 1. The van der Waals surface area contributed by atoms with Gasteiger partial charge >= 0.3 is 0 Å². The smallest absolute Gasteiger partial charge is 0.249 e. The van der Waals surface area contributed by atoms with Crippen LogP contribution in [0.5, 0.6) is 0 Å². The average molecular weight is 302 g/mol. The van der Waals surface area contributed by atoms with E-state index in [1.54, 1.807) is 0 Å². The maximum absolute atomic E-state index is 12.1. The summed E-state index contributed by atoms with van der Waals surface area (Å²) in [7, 11) is 0. The second-order valence-corrected chi connectivity index (χ2v) is 6.97. The number of hydrogen-bond acceptors (Lipinski definition) is 3. The average Bonchev–Trinajstić information content (AvgIpc) is 3.07. The molecule has 4 heteroatoms. The van der Waals surface area contributed by atoms with E-state index in [1.807, 2.05) is 0 Å². The Hall–Kier alpha value is -1.39. The molecule has 2 heterocycles. The van der Waals surface area contributed by atoms with E-state index < -0.39 is 0 Å². The van der Waals surface area contributed by atoms with E-state index in [0.29, 0.717) is 13.2 Å². The maximum atomic E-state index is 12.1. The zero-order valence-corrected chi connectivity index (χ0v) is 13.6. The molecule has 3 rings (SSSR count). The van der Waals surface area contributed by atoms with Gasteiger partial charge in [0.2, 0.25) is 5.91 Å². The lowest BCUT2D eigenvalue weighted by molar-refractivity contribution is -0.130. The fourth-order valence-corrected chi connectivity index (χ4v) is 3.33. The summed E-state index contributed by atoms with van der Waals surface area (Å²) in [6.45, 7) is 7.78. The van der Waals surface area contributed by atoms with Crippen LogP contribution in [0.15, 0.2) is 24.3 Å². The number of fused-ring (bicyclic) bond motifs is 1. The summed E-state index contributed by atoms with van der Waals surface area (Å²) in [4.78, 5) is 14.6. The van der Waals surface area contributed by atoms with E-state index in [9.17, 15) is 4.79 Å². The number of ether oxygens (including phenoxy) is 1. The molecule has 1 unspecified atom stereocenters. The monoisotopic (exact) mass is 302 g/mol. The van der Waals surface area contributed by atoms with Crippen molar-refractivity contribution in [1.82, 2.24) is 10.2 Å². The van der Waals surface area contributed by atoms with Crippen LogP contribution in [0.1, 0.15) is 37.8 Å². The van der Waals surface area contributed by atoms with Gasteiger partial charge < -0.3 is 10.1 Å². The number of nitrogens with one attached hydrogen (secondary N) is 1. The van der Waals surface area contributed by atoms with Crippen LogP contribution < -0.4 is 5.32 Å².